The summed E-state index contributed by atoms with van der Waals surface area (Å²) >= 11 is 1.99. The zero-order valence-electron chi connectivity index (χ0n) is 9.55. The highest BCUT2D eigenvalue weighted by Crippen LogP contribution is 2.40. The Hall–Kier alpha value is -0.820. The fourth-order valence-electron chi connectivity index (χ4n) is 2.38. The molecule has 1 atom stereocenters. The van der Waals surface area contributed by atoms with Crippen molar-refractivity contribution in [2.45, 2.75) is 39.0 Å². The lowest BCUT2D eigenvalue weighted by Gasteiger charge is -2.18. The second-order valence-corrected chi connectivity index (χ2v) is 5.56. The van der Waals surface area contributed by atoms with Gasteiger partial charge in [0.05, 0.1) is 0 Å². The lowest BCUT2D eigenvalue weighted by atomic mass is 9.88. The van der Waals surface area contributed by atoms with Crippen molar-refractivity contribution in [3.05, 3.63) is 39.6 Å². The van der Waals surface area contributed by atoms with E-state index in [9.17, 15) is 0 Å². The van der Waals surface area contributed by atoms with Crippen LogP contribution in [0, 0.1) is 6.92 Å². The average Bonchev–Trinajstić information content (AvgIpc) is 2.54. The van der Waals surface area contributed by atoms with Crippen LogP contribution < -0.4 is 0 Å². The van der Waals surface area contributed by atoms with Crippen LogP contribution >= 0.6 is 11.3 Å². The number of allylic oxidation sites excluding steroid dienone is 2. The van der Waals surface area contributed by atoms with E-state index < -0.39 is 0 Å². The van der Waals surface area contributed by atoms with Crippen molar-refractivity contribution in [3.8, 4) is 0 Å². The predicted molar refractivity (Wildman–Crippen MR) is 69.6 cm³/mol. The summed E-state index contributed by atoms with van der Waals surface area (Å²) in [5.74, 6) is 0.767. The van der Waals surface area contributed by atoms with Gasteiger partial charge >= 0.3 is 0 Å². The first-order chi connectivity index (χ1) is 7.24. The summed E-state index contributed by atoms with van der Waals surface area (Å²) in [4.78, 5) is 3.09. The third-order valence-corrected chi connectivity index (χ3v) is 4.57. The van der Waals surface area contributed by atoms with E-state index in [1.165, 1.54) is 29.7 Å². The molecule has 0 aromatic carbocycles. The van der Waals surface area contributed by atoms with Crippen molar-refractivity contribution < 1.29 is 0 Å². The molecule has 0 amide bonds. The first-order valence-corrected chi connectivity index (χ1v) is 6.47. The summed E-state index contributed by atoms with van der Waals surface area (Å²) in [5, 5.41) is 0. The molecule has 1 aromatic heterocycles. The quantitative estimate of drug-likeness (QED) is 0.631. The molecule has 0 fully saturated rings. The van der Waals surface area contributed by atoms with E-state index in [0.29, 0.717) is 0 Å². The highest BCUT2D eigenvalue weighted by atomic mass is 32.1. The highest BCUT2D eigenvalue weighted by Gasteiger charge is 2.22. The Labute approximate surface area is 96.3 Å². The number of hydrogen-bond donors (Lipinski definition) is 0. The molecular weight excluding hydrogens is 200 g/mol. The van der Waals surface area contributed by atoms with Crippen LogP contribution in [0.2, 0.25) is 0 Å². The van der Waals surface area contributed by atoms with Gasteiger partial charge in [-0.1, -0.05) is 31.7 Å². The summed E-state index contributed by atoms with van der Waals surface area (Å²) < 4.78 is 0. The maximum Gasteiger partial charge on any atom is 0.0114 e. The van der Waals surface area contributed by atoms with Crippen molar-refractivity contribution in [2.75, 3.05) is 0 Å². The zero-order valence-corrected chi connectivity index (χ0v) is 10.4. The first kappa shape index (κ1) is 10.7. The molecule has 0 unspecified atom stereocenters. The van der Waals surface area contributed by atoms with E-state index in [2.05, 4.69) is 32.6 Å². The predicted octanol–water partition coefficient (Wildman–Crippen LogP) is 4.70. The van der Waals surface area contributed by atoms with E-state index in [0.717, 1.165) is 5.92 Å². The smallest absolute Gasteiger partial charge is 0.0114 e. The minimum absolute atomic E-state index is 0.767. The highest BCUT2D eigenvalue weighted by molar-refractivity contribution is 7.12. The van der Waals surface area contributed by atoms with Crippen LogP contribution in [-0.4, -0.2) is 0 Å². The van der Waals surface area contributed by atoms with E-state index in [1.807, 2.05) is 17.4 Å². The molecule has 0 spiro atoms. The Kier molecular flexibility index (Phi) is 3.11. The Bertz CT molecular complexity index is 396. The molecule has 1 aliphatic rings. The van der Waals surface area contributed by atoms with Gasteiger partial charge in [0.2, 0.25) is 0 Å². The molecule has 0 aliphatic heterocycles. The summed E-state index contributed by atoms with van der Waals surface area (Å²) in [6.07, 6.45) is 10.1. The number of thiophene rings is 1. The third-order valence-electron chi connectivity index (χ3n) is 3.18. The van der Waals surface area contributed by atoms with Gasteiger partial charge in [0.1, 0.15) is 0 Å². The molecule has 0 saturated heterocycles. The monoisotopic (exact) mass is 218 g/mol. The largest absolute Gasteiger partial charge is 0.144 e. The molecule has 1 aliphatic carbocycles. The normalized spacial score (nSPS) is 20.5. The molecule has 1 aromatic rings. The first-order valence-electron chi connectivity index (χ1n) is 5.65. The van der Waals surface area contributed by atoms with Crippen molar-refractivity contribution in [1.82, 2.24) is 0 Å². The standard InChI is InChI=1S/C14H18S/c1-4-5-8-12-11(3)15-14-10(2)7-6-9-13(12)14/h4-5,8,10H,1,6-7,9H2,2-3H3/b8-5-/t10-/m0/s1. The van der Waals surface area contributed by atoms with Crippen LogP contribution in [0.15, 0.2) is 18.7 Å². The van der Waals surface area contributed by atoms with Gasteiger partial charge < -0.3 is 0 Å². The minimum Gasteiger partial charge on any atom is -0.144 e. The van der Waals surface area contributed by atoms with Crippen LogP contribution in [0.4, 0.5) is 0 Å². The van der Waals surface area contributed by atoms with E-state index in [4.69, 9.17) is 0 Å². The van der Waals surface area contributed by atoms with Gasteiger partial charge in [-0.15, -0.1) is 11.3 Å². The average molecular weight is 218 g/mol. The van der Waals surface area contributed by atoms with Crippen molar-refractivity contribution in [2.24, 2.45) is 0 Å². The van der Waals surface area contributed by atoms with Gasteiger partial charge in [0.15, 0.2) is 0 Å². The van der Waals surface area contributed by atoms with Crippen molar-refractivity contribution >= 4 is 17.4 Å². The Morgan fingerprint density at radius 1 is 1.47 bits per heavy atom. The van der Waals surface area contributed by atoms with Crippen LogP contribution in [0.5, 0.6) is 0 Å². The summed E-state index contributed by atoms with van der Waals surface area (Å²) in [6.45, 7) is 8.32. The molecule has 1 heteroatoms. The molecule has 80 valence electrons. The van der Waals surface area contributed by atoms with Crippen molar-refractivity contribution in [3.63, 3.8) is 0 Å². The topological polar surface area (TPSA) is 0 Å². The van der Waals surface area contributed by atoms with Gasteiger partial charge in [0, 0.05) is 9.75 Å². The minimum atomic E-state index is 0.767. The third kappa shape index (κ3) is 1.93. The fourth-order valence-corrected chi connectivity index (χ4v) is 3.67. The van der Waals surface area contributed by atoms with Crippen LogP contribution in [0.25, 0.3) is 6.08 Å². The zero-order chi connectivity index (χ0) is 10.8. The van der Waals surface area contributed by atoms with Gasteiger partial charge in [-0.3, -0.25) is 0 Å². The summed E-state index contributed by atoms with van der Waals surface area (Å²) in [7, 11) is 0. The number of rotatable bonds is 2. The van der Waals surface area contributed by atoms with E-state index in [-0.39, 0.29) is 0 Å². The maximum absolute atomic E-state index is 3.73. The van der Waals surface area contributed by atoms with E-state index in [1.54, 1.807) is 10.4 Å². The number of hydrogen-bond acceptors (Lipinski definition) is 1. The summed E-state index contributed by atoms with van der Waals surface area (Å²) in [6, 6.07) is 0. The molecule has 0 saturated carbocycles. The molecule has 1 heterocycles. The van der Waals surface area contributed by atoms with Gasteiger partial charge in [0.25, 0.3) is 0 Å². The molecular formula is C14H18S. The van der Waals surface area contributed by atoms with Gasteiger partial charge in [-0.2, -0.15) is 0 Å². The molecule has 0 N–H and O–H groups in total. The second-order valence-electron chi connectivity index (χ2n) is 4.30. The molecule has 0 bridgehead atoms. The van der Waals surface area contributed by atoms with Crippen molar-refractivity contribution in [1.29, 1.82) is 0 Å². The number of aryl methyl sites for hydroxylation is 1. The lowest BCUT2D eigenvalue weighted by molar-refractivity contribution is 0.601. The molecule has 0 nitrogen and oxygen atoms in total. The fraction of sp³-hybridized carbons (Fsp3) is 0.429. The van der Waals surface area contributed by atoms with Gasteiger partial charge in [-0.25, -0.2) is 0 Å². The molecule has 2 rings (SSSR count). The summed E-state index contributed by atoms with van der Waals surface area (Å²) in [5.41, 5.74) is 3.07. The van der Waals surface area contributed by atoms with Crippen LogP contribution in [0.3, 0.4) is 0 Å². The Morgan fingerprint density at radius 2 is 2.27 bits per heavy atom. The van der Waals surface area contributed by atoms with Crippen LogP contribution in [0.1, 0.15) is 46.6 Å². The number of fused-ring (bicyclic) bond motifs is 1. The molecule has 0 radical (unpaired) electrons. The van der Waals surface area contributed by atoms with Crippen LogP contribution in [-0.2, 0) is 6.42 Å². The lowest BCUT2D eigenvalue weighted by Crippen LogP contribution is -2.03. The SMILES string of the molecule is C=C/C=C\c1c(C)sc2c1CCC[C@@H]2C. The Morgan fingerprint density at radius 3 is 3.00 bits per heavy atom. The second kappa shape index (κ2) is 4.36. The van der Waals surface area contributed by atoms with E-state index >= 15 is 0 Å². The van der Waals surface area contributed by atoms with Gasteiger partial charge in [-0.05, 0) is 43.2 Å². The Balaban J connectivity index is 2.46. The maximum atomic E-state index is 3.73. The molecule has 15 heavy (non-hydrogen) atoms.